The lowest BCUT2D eigenvalue weighted by Gasteiger charge is -2.56. The third-order valence-electron chi connectivity index (χ3n) is 6.61. The summed E-state index contributed by atoms with van der Waals surface area (Å²) >= 11 is 0. The first kappa shape index (κ1) is 16.6. The van der Waals surface area contributed by atoms with Crippen LogP contribution in [0.5, 0.6) is 0 Å². The molecule has 2 N–H and O–H groups in total. The zero-order chi connectivity index (χ0) is 16.9. The van der Waals surface area contributed by atoms with Gasteiger partial charge in [-0.15, -0.1) is 0 Å². The highest BCUT2D eigenvalue weighted by Crippen LogP contribution is 2.55. The van der Waals surface area contributed by atoms with Gasteiger partial charge in [-0.05, 0) is 69.1 Å². The molecule has 24 heavy (non-hydrogen) atoms. The van der Waals surface area contributed by atoms with Crippen LogP contribution in [0.4, 0.5) is 4.79 Å². The first-order valence-electron chi connectivity index (χ1n) is 9.35. The molecule has 1 unspecified atom stereocenters. The maximum absolute atomic E-state index is 12.6. The van der Waals surface area contributed by atoms with Crippen LogP contribution in [-0.4, -0.2) is 49.7 Å². The second kappa shape index (κ2) is 5.87. The van der Waals surface area contributed by atoms with E-state index in [9.17, 15) is 13.2 Å². The lowest BCUT2D eigenvalue weighted by atomic mass is 9.53. The van der Waals surface area contributed by atoms with Crippen LogP contribution in [0.3, 0.4) is 0 Å². The van der Waals surface area contributed by atoms with Crippen molar-refractivity contribution >= 4 is 16.1 Å². The molecule has 1 aliphatic heterocycles. The maximum Gasteiger partial charge on any atom is 0.315 e. The monoisotopic (exact) mass is 355 g/mol. The Morgan fingerprint density at radius 2 is 1.67 bits per heavy atom. The Bertz CT molecular complexity index is 583. The Balaban J connectivity index is 1.35. The van der Waals surface area contributed by atoms with Gasteiger partial charge in [0.25, 0.3) is 0 Å². The predicted octanol–water partition coefficient (Wildman–Crippen LogP) is 1.68. The van der Waals surface area contributed by atoms with Gasteiger partial charge in [-0.25, -0.2) is 17.5 Å². The summed E-state index contributed by atoms with van der Waals surface area (Å²) in [7, 11) is -3.18. The first-order valence-corrected chi connectivity index (χ1v) is 11.2. The van der Waals surface area contributed by atoms with Gasteiger partial charge in [-0.2, -0.15) is 0 Å². The Morgan fingerprint density at radius 1 is 1.08 bits per heavy atom. The van der Waals surface area contributed by atoms with Crippen molar-refractivity contribution in [2.24, 2.45) is 17.8 Å². The molecular weight excluding hydrogens is 326 g/mol. The third kappa shape index (κ3) is 3.29. The molecule has 1 atom stereocenters. The molecule has 1 heterocycles. The van der Waals surface area contributed by atoms with Crippen molar-refractivity contribution in [3.63, 3.8) is 0 Å². The SMILES string of the molecule is CS(=O)(=O)N1CCCC(NC(=O)NC23CC4CC(CC(C4)C2)C3)C1. The van der Waals surface area contributed by atoms with E-state index in [0.717, 1.165) is 49.9 Å². The number of hydrogen-bond acceptors (Lipinski definition) is 3. The topological polar surface area (TPSA) is 78.5 Å². The lowest BCUT2D eigenvalue weighted by Crippen LogP contribution is -2.63. The van der Waals surface area contributed by atoms with Crippen molar-refractivity contribution < 1.29 is 13.2 Å². The van der Waals surface area contributed by atoms with Gasteiger partial charge < -0.3 is 10.6 Å². The van der Waals surface area contributed by atoms with Gasteiger partial charge in [-0.3, -0.25) is 0 Å². The third-order valence-corrected chi connectivity index (χ3v) is 7.87. The first-order chi connectivity index (χ1) is 11.3. The van der Waals surface area contributed by atoms with E-state index >= 15 is 0 Å². The number of carbonyl (C=O) groups is 1. The average molecular weight is 356 g/mol. The van der Waals surface area contributed by atoms with Crippen LogP contribution in [-0.2, 0) is 10.0 Å². The zero-order valence-electron chi connectivity index (χ0n) is 14.5. The molecule has 4 saturated carbocycles. The fraction of sp³-hybridized carbons (Fsp3) is 0.941. The molecule has 7 heteroatoms. The van der Waals surface area contributed by atoms with Crippen LogP contribution >= 0.6 is 0 Å². The minimum absolute atomic E-state index is 0.00399. The molecule has 1 saturated heterocycles. The Labute approximate surface area is 144 Å². The Morgan fingerprint density at radius 3 is 2.21 bits per heavy atom. The normalized spacial score (nSPS) is 42.0. The number of sulfonamides is 1. The number of amides is 2. The van der Waals surface area contributed by atoms with Crippen LogP contribution in [0.25, 0.3) is 0 Å². The zero-order valence-corrected chi connectivity index (χ0v) is 15.3. The summed E-state index contributed by atoms with van der Waals surface area (Å²) in [4.78, 5) is 12.6. The summed E-state index contributed by atoms with van der Waals surface area (Å²) in [5.41, 5.74) is 0.00399. The molecule has 0 radical (unpaired) electrons. The van der Waals surface area contributed by atoms with Crippen LogP contribution in [0.15, 0.2) is 0 Å². The van der Waals surface area contributed by atoms with E-state index in [1.165, 1.54) is 29.8 Å². The number of nitrogens with zero attached hydrogens (tertiary/aromatic N) is 1. The molecule has 6 nitrogen and oxygen atoms in total. The van der Waals surface area contributed by atoms with E-state index in [-0.39, 0.29) is 17.6 Å². The lowest BCUT2D eigenvalue weighted by molar-refractivity contribution is -0.0137. The highest BCUT2D eigenvalue weighted by molar-refractivity contribution is 7.88. The number of urea groups is 1. The molecule has 0 aromatic carbocycles. The summed E-state index contributed by atoms with van der Waals surface area (Å²) in [6.07, 6.45) is 10.4. The largest absolute Gasteiger partial charge is 0.334 e. The average Bonchev–Trinajstić information content (AvgIpc) is 2.44. The van der Waals surface area contributed by atoms with Crippen molar-refractivity contribution in [2.75, 3.05) is 19.3 Å². The van der Waals surface area contributed by atoms with Crippen LogP contribution in [0, 0.1) is 17.8 Å². The Hall–Kier alpha value is -0.820. The molecule has 4 bridgehead atoms. The predicted molar refractivity (Wildman–Crippen MR) is 92.0 cm³/mol. The standard InChI is InChI=1S/C17H29N3O3S/c1-24(22,23)20-4-2-3-15(11-20)18-16(21)19-17-8-12-5-13(9-17)7-14(6-12)10-17/h12-15H,2-11H2,1H3,(H2,18,19,21). The fourth-order valence-corrected chi connectivity index (χ4v) is 7.00. The molecule has 0 aromatic rings. The Kier molecular flexibility index (Phi) is 4.07. The van der Waals surface area contributed by atoms with Crippen molar-refractivity contribution in [1.82, 2.24) is 14.9 Å². The van der Waals surface area contributed by atoms with Crippen LogP contribution < -0.4 is 10.6 Å². The number of nitrogens with one attached hydrogen (secondary N) is 2. The van der Waals surface area contributed by atoms with E-state index in [2.05, 4.69) is 10.6 Å². The highest BCUT2D eigenvalue weighted by Gasteiger charge is 2.51. The van der Waals surface area contributed by atoms with Crippen LogP contribution in [0.2, 0.25) is 0 Å². The quantitative estimate of drug-likeness (QED) is 0.808. The second-order valence-electron chi connectivity index (χ2n) is 8.76. The van der Waals surface area contributed by atoms with Crippen molar-refractivity contribution in [3.05, 3.63) is 0 Å². The molecule has 5 rings (SSSR count). The van der Waals surface area contributed by atoms with Gasteiger partial charge in [0, 0.05) is 24.7 Å². The summed E-state index contributed by atoms with van der Waals surface area (Å²) in [6, 6.07) is -0.181. The highest BCUT2D eigenvalue weighted by atomic mass is 32.2. The van der Waals surface area contributed by atoms with E-state index in [1.807, 2.05) is 0 Å². The molecule has 4 aliphatic carbocycles. The molecule has 0 aromatic heterocycles. The smallest absolute Gasteiger partial charge is 0.315 e. The van der Waals surface area contributed by atoms with E-state index in [0.29, 0.717) is 13.1 Å². The van der Waals surface area contributed by atoms with Crippen molar-refractivity contribution in [1.29, 1.82) is 0 Å². The van der Waals surface area contributed by atoms with Crippen LogP contribution in [0.1, 0.15) is 51.4 Å². The maximum atomic E-state index is 12.6. The molecule has 2 amide bonds. The van der Waals surface area contributed by atoms with E-state index in [4.69, 9.17) is 0 Å². The minimum Gasteiger partial charge on any atom is -0.334 e. The number of rotatable bonds is 3. The summed E-state index contributed by atoms with van der Waals surface area (Å²) < 4.78 is 24.9. The molecule has 0 spiro atoms. The van der Waals surface area contributed by atoms with Gasteiger partial charge in [-0.1, -0.05) is 0 Å². The van der Waals surface area contributed by atoms with Gasteiger partial charge in [0.05, 0.1) is 6.26 Å². The van der Waals surface area contributed by atoms with Crippen molar-refractivity contribution in [2.45, 2.75) is 62.9 Å². The summed E-state index contributed by atoms with van der Waals surface area (Å²) in [6.45, 7) is 0.959. The number of carbonyl (C=O) groups excluding carboxylic acids is 1. The second-order valence-corrected chi connectivity index (χ2v) is 10.7. The fourth-order valence-electron chi connectivity index (χ4n) is 6.09. The van der Waals surface area contributed by atoms with E-state index in [1.54, 1.807) is 0 Å². The summed E-state index contributed by atoms with van der Waals surface area (Å²) in [5.74, 6) is 2.39. The molecule has 136 valence electrons. The number of piperidine rings is 1. The van der Waals surface area contributed by atoms with Gasteiger partial charge in [0.15, 0.2) is 0 Å². The molecule has 5 aliphatic rings. The number of hydrogen-bond donors (Lipinski definition) is 2. The van der Waals surface area contributed by atoms with Crippen molar-refractivity contribution in [3.8, 4) is 0 Å². The van der Waals surface area contributed by atoms with Gasteiger partial charge in [0.1, 0.15) is 0 Å². The van der Waals surface area contributed by atoms with Gasteiger partial charge in [0.2, 0.25) is 10.0 Å². The molecule has 5 fully saturated rings. The molecular formula is C17H29N3O3S. The van der Waals surface area contributed by atoms with Gasteiger partial charge >= 0.3 is 6.03 Å². The van der Waals surface area contributed by atoms with E-state index < -0.39 is 10.0 Å². The summed E-state index contributed by atoms with van der Waals surface area (Å²) in [5, 5.41) is 6.35. The minimum atomic E-state index is -3.18.